The minimum Gasteiger partial charge on any atom is -0.378 e. The molecule has 0 N–H and O–H groups in total. The number of rotatable bonds is 3. The zero-order valence-electron chi connectivity index (χ0n) is 9.28. The Labute approximate surface area is 105 Å². The molecule has 2 rings (SSSR count). The molecule has 90 valence electrons. The quantitative estimate of drug-likeness (QED) is 0.793. The van der Waals surface area contributed by atoms with Gasteiger partial charge in [0.05, 0.1) is 5.56 Å². The van der Waals surface area contributed by atoms with E-state index in [4.69, 9.17) is 9.44 Å². The van der Waals surface area contributed by atoms with Gasteiger partial charge in [-0.3, -0.25) is 0 Å². The van der Waals surface area contributed by atoms with Crippen molar-refractivity contribution in [3.8, 4) is 11.8 Å². The van der Waals surface area contributed by atoms with Crippen molar-refractivity contribution in [1.82, 2.24) is 0 Å². The molecule has 4 nitrogen and oxygen atoms in total. The Morgan fingerprint density at radius 2 is 1.56 bits per heavy atom. The lowest BCUT2D eigenvalue weighted by atomic mass is 10.2. The predicted molar refractivity (Wildman–Crippen MR) is 65.4 cm³/mol. The molecule has 0 aromatic heterocycles. The lowest BCUT2D eigenvalue weighted by Crippen LogP contribution is -2.10. The van der Waals surface area contributed by atoms with E-state index in [1.807, 2.05) is 6.07 Å². The molecule has 0 aliphatic heterocycles. The van der Waals surface area contributed by atoms with Crippen molar-refractivity contribution in [3.63, 3.8) is 0 Å². The van der Waals surface area contributed by atoms with E-state index in [-0.39, 0.29) is 16.2 Å². The third-order valence-electron chi connectivity index (χ3n) is 2.24. The van der Waals surface area contributed by atoms with Crippen LogP contribution in [0.4, 0.5) is 0 Å². The minimum atomic E-state index is -3.90. The van der Waals surface area contributed by atoms with Crippen LogP contribution in [0.1, 0.15) is 5.56 Å². The van der Waals surface area contributed by atoms with Crippen molar-refractivity contribution in [2.24, 2.45) is 0 Å². The van der Waals surface area contributed by atoms with Gasteiger partial charge in [0.1, 0.15) is 11.0 Å². The summed E-state index contributed by atoms with van der Waals surface area (Å²) in [6.07, 6.45) is 0. The van der Waals surface area contributed by atoms with E-state index in [0.29, 0.717) is 0 Å². The molecule has 0 unspecified atom stereocenters. The van der Waals surface area contributed by atoms with E-state index in [1.54, 1.807) is 30.3 Å². The minimum absolute atomic E-state index is 0.0313. The molecular weight excluding hydrogens is 250 g/mol. The predicted octanol–water partition coefficient (Wildman–Crippen LogP) is 2.33. The molecule has 0 saturated heterocycles. The van der Waals surface area contributed by atoms with E-state index in [2.05, 4.69) is 0 Å². The van der Waals surface area contributed by atoms with Gasteiger partial charge in [-0.2, -0.15) is 13.7 Å². The third kappa shape index (κ3) is 2.50. The molecular formula is C13H9NO3S. The molecule has 2 aromatic carbocycles. The van der Waals surface area contributed by atoms with E-state index in [9.17, 15) is 8.42 Å². The summed E-state index contributed by atoms with van der Waals surface area (Å²) in [6, 6.07) is 15.9. The second-order valence-electron chi connectivity index (χ2n) is 3.46. The van der Waals surface area contributed by atoms with Crippen molar-refractivity contribution in [2.75, 3.05) is 0 Å². The Bertz CT molecular complexity index is 688. The number of hydrogen-bond acceptors (Lipinski definition) is 4. The number of hydrogen-bond donors (Lipinski definition) is 0. The molecule has 0 heterocycles. The summed E-state index contributed by atoms with van der Waals surface area (Å²) in [6.45, 7) is 0. The van der Waals surface area contributed by atoms with Crippen LogP contribution in [0.2, 0.25) is 0 Å². The molecule has 0 amide bonds. The fourth-order valence-corrected chi connectivity index (χ4v) is 2.35. The maximum atomic E-state index is 11.9. The summed E-state index contributed by atoms with van der Waals surface area (Å²) in [5.41, 5.74) is 0.178. The van der Waals surface area contributed by atoms with Gasteiger partial charge in [0.25, 0.3) is 0 Å². The van der Waals surface area contributed by atoms with Crippen molar-refractivity contribution >= 4 is 10.1 Å². The monoisotopic (exact) mass is 259 g/mol. The van der Waals surface area contributed by atoms with E-state index in [1.165, 1.54) is 24.3 Å². The molecule has 0 radical (unpaired) electrons. The summed E-state index contributed by atoms with van der Waals surface area (Å²) < 4.78 is 28.8. The van der Waals surface area contributed by atoms with Crippen LogP contribution < -0.4 is 4.18 Å². The lowest BCUT2D eigenvalue weighted by Gasteiger charge is -2.07. The van der Waals surface area contributed by atoms with Crippen LogP contribution in [0.15, 0.2) is 59.5 Å². The van der Waals surface area contributed by atoms with E-state index in [0.717, 1.165) is 0 Å². The van der Waals surface area contributed by atoms with Crippen LogP contribution in [0.25, 0.3) is 0 Å². The van der Waals surface area contributed by atoms with Crippen molar-refractivity contribution < 1.29 is 12.6 Å². The summed E-state index contributed by atoms with van der Waals surface area (Å²) in [7, 11) is -3.90. The molecule has 0 spiro atoms. The molecule has 0 bridgehead atoms. The number of benzene rings is 2. The van der Waals surface area contributed by atoms with Crippen LogP contribution >= 0.6 is 0 Å². The van der Waals surface area contributed by atoms with Crippen molar-refractivity contribution in [1.29, 1.82) is 5.26 Å². The van der Waals surface area contributed by atoms with Crippen LogP contribution in [0.5, 0.6) is 5.75 Å². The number of para-hydroxylation sites is 1. The molecule has 18 heavy (non-hydrogen) atoms. The van der Waals surface area contributed by atoms with Crippen LogP contribution in [0, 0.1) is 11.3 Å². The lowest BCUT2D eigenvalue weighted by molar-refractivity contribution is 0.485. The third-order valence-corrected chi connectivity index (χ3v) is 3.49. The van der Waals surface area contributed by atoms with Crippen molar-refractivity contribution in [2.45, 2.75) is 4.90 Å². The smallest absolute Gasteiger partial charge is 0.339 e. The molecule has 0 atom stereocenters. The summed E-state index contributed by atoms with van der Waals surface area (Å²) in [5.74, 6) is 0.0313. The zero-order valence-corrected chi connectivity index (χ0v) is 10.1. The normalized spacial score (nSPS) is 10.6. The topological polar surface area (TPSA) is 67.2 Å². The molecule has 5 heteroatoms. The summed E-state index contributed by atoms with van der Waals surface area (Å²) in [5, 5.41) is 8.86. The average Bonchev–Trinajstić information content (AvgIpc) is 2.40. The second-order valence-corrected chi connectivity index (χ2v) is 5.00. The Kier molecular flexibility index (Phi) is 3.31. The first-order valence-corrected chi connectivity index (χ1v) is 6.53. The van der Waals surface area contributed by atoms with Crippen molar-refractivity contribution in [3.05, 3.63) is 60.2 Å². The number of nitriles is 1. The maximum absolute atomic E-state index is 11.9. The van der Waals surface area contributed by atoms with Gasteiger partial charge < -0.3 is 4.18 Å². The first-order chi connectivity index (χ1) is 8.63. The zero-order chi connectivity index (χ0) is 13.0. The molecule has 0 aliphatic carbocycles. The van der Waals surface area contributed by atoms with Crippen LogP contribution in [0.3, 0.4) is 0 Å². The average molecular weight is 259 g/mol. The highest BCUT2D eigenvalue weighted by Gasteiger charge is 2.17. The van der Waals surface area contributed by atoms with Gasteiger partial charge in [-0.1, -0.05) is 30.3 Å². The first kappa shape index (κ1) is 12.1. The van der Waals surface area contributed by atoms with Gasteiger partial charge in [-0.25, -0.2) is 0 Å². The van der Waals surface area contributed by atoms with Crippen LogP contribution in [-0.2, 0) is 10.1 Å². The Morgan fingerprint density at radius 3 is 2.22 bits per heavy atom. The largest absolute Gasteiger partial charge is 0.378 e. The highest BCUT2D eigenvalue weighted by atomic mass is 32.2. The Morgan fingerprint density at radius 1 is 0.944 bits per heavy atom. The number of nitrogens with zero attached hydrogens (tertiary/aromatic N) is 1. The highest BCUT2D eigenvalue weighted by Crippen LogP contribution is 2.21. The molecule has 0 aliphatic rings. The Hall–Kier alpha value is -2.32. The fraction of sp³-hybridized carbons (Fsp3) is 0. The van der Waals surface area contributed by atoms with Crippen LogP contribution in [-0.4, -0.2) is 8.42 Å². The second kappa shape index (κ2) is 4.90. The van der Waals surface area contributed by atoms with Gasteiger partial charge >= 0.3 is 10.1 Å². The first-order valence-electron chi connectivity index (χ1n) is 5.12. The SMILES string of the molecule is N#Cc1ccccc1OS(=O)(=O)c1ccccc1. The van der Waals surface area contributed by atoms with Gasteiger partial charge in [0.2, 0.25) is 0 Å². The Balaban J connectivity index is 2.38. The van der Waals surface area contributed by atoms with Gasteiger partial charge in [0.15, 0.2) is 5.75 Å². The van der Waals surface area contributed by atoms with E-state index < -0.39 is 10.1 Å². The fourth-order valence-electron chi connectivity index (χ4n) is 1.39. The molecule has 2 aromatic rings. The van der Waals surface area contributed by atoms with Gasteiger partial charge in [-0.15, -0.1) is 0 Å². The maximum Gasteiger partial charge on any atom is 0.339 e. The summed E-state index contributed by atoms with van der Waals surface area (Å²) >= 11 is 0. The molecule has 0 saturated carbocycles. The van der Waals surface area contributed by atoms with Gasteiger partial charge in [0, 0.05) is 0 Å². The van der Waals surface area contributed by atoms with Gasteiger partial charge in [-0.05, 0) is 24.3 Å². The van der Waals surface area contributed by atoms with E-state index >= 15 is 0 Å². The molecule has 0 fully saturated rings. The summed E-state index contributed by atoms with van der Waals surface area (Å²) in [4.78, 5) is 0.0535. The standard InChI is InChI=1S/C13H9NO3S/c14-10-11-6-4-5-9-13(11)17-18(15,16)12-7-2-1-3-8-12/h1-9H. The highest BCUT2D eigenvalue weighted by molar-refractivity contribution is 7.87.